The summed E-state index contributed by atoms with van der Waals surface area (Å²) in [6, 6.07) is 5.41. The van der Waals surface area contributed by atoms with Gasteiger partial charge in [0.05, 0.1) is 0 Å². The average Bonchev–Trinajstić information content (AvgIpc) is 2.27. The summed E-state index contributed by atoms with van der Waals surface area (Å²) in [4.78, 5) is 0. The van der Waals surface area contributed by atoms with Crippen molar-refractivity contribution in [3.63, 3.8) is 0 Å². The fourth-order valence-corrected chi connectivity index (χ4v) is 1.23. The van der Waals surface area contributed by atoms with Crippen LogP contribution in [0.25, 0.3) is 0 Å². The molecule has 3 N–H and O–H groups in total. The van der Waals surface area contributed by atoms with Crippen molar-refractivity contribution in [3.8, 4) is 5.75 Å². The molecule has 1 aliphatic rings. The number of nitrogen functional groups attached to an aromatic ring is 1. The highest BCUT2D eigenvalue weighted by Gasteiger charge is 2.26. The van der Waals surface area contributed by atoms with Crippen molar-refractivity contribution in [2.24, 2.45) is 0 Å². The Kier molecular flexibility index (Phi) is 2.50. The second-order valence-corrected chi connectivity index (χ2v) is 2.64. The van der Waals surface area contributed by atoms with Crippen LogP contribution in [0.3, 0.4) is 0 Å². The maximum absolute atomic E-state index is 9.08. The molecule has 1 aromatic rings. The zero-order chi connectivity index (χ0) is 7.84. The first-order valence-electron chi connectivity index (χ1n) is 3.49. The minimum atomic E-state index is -0.688. The highest BCUT2D eigenvalue weighted by Crippen LogP contribution is 2.27. The fraction of sp³-hybridized carbons (Fsp3) is 0.143. The summed E-state index contributed by atoms with van der Waals surface area (Å²) in [5, 5.41) is 9.08. The highest BCUT2D eigenvalue weighted by molar-refractivity contribution is 6.44. The van der Waals surface area contributed by atoms with Gasteiger partial charge >= 0.3 is 7.12 Å². The van der Waals surface area contributed by atoms with Crippen LogP contribution in [0.2, 0.25) is 0 Å². The molecule has 1 aromatic carbocycles. The van der Waals surface area contributed by atoms with Crippen LogP contribution < -0.4 is 10.4 Å². The van der Waals surface area contributed by atoms with E-state index in [1.54, 1.807) is 12.1 Å². The van der Waals surface area contributed by atoms with Gasteiger partial charge in [-0.05, 0) is 11.6 Å². The van der Waals surface area contributed by atoms with E-state index >= 15 is 0 Å². The van der Waals surface area contributed by atoms with Crippen LogP contribution in [0.1, 0.15) is 5.56 Å². The lowest BCUT2D eigenvalue weighted by molar-refractivity contribution is 0.432. The fourth-order valence-electron chi connectivity index (χ4n) is 1.23. The number of anilines is 1. The van der Waals surface area contributed by atoms with E-state index in [2.05, 4.69) is 0 Å². The molecule has 64 valence electrons. The summed E-state index contributed by atoms with van der Waals surface area (Å²) in [6.07, 6.45) is 0.565. The molecule has 0 saturated carbocycles. The van der Waals surface area contributed by atoms with E-state index in [1.165, 1.54) is 0 Å². The van der Waals surface area contributed by atoms with Gasteiger partial charge in [0.15, 0.2) is 0 Å². The molecule has 5 heteroatoms. The maximum atomic E-state index is 9.08. The monoisotopic (exact) mass is 185 g/mol. The van der Waals surface area contributed by atoms with Gasteiger partial charge in [0.2, 0.25) is 0 Å². The number of halogens is 1. The van der Waals surface area contributed by atoms with Gasteiger partial charge in [-0.3, -0.25) is 0 Å². The van der Waals surface area contributed by atoms with E-state index in [4.69, 9.17) is 15.4 Å². The molecular weight excluding hydrogens is 176 g/mol. The number of benzene rings is 1. The summed E-state index contributed by atoms with van der Waals surface area (Å²) in [5.74, 6) is 0.706. The summed E-state index contributed by atoms with van der Waals surface area (Å²) in [6.45, 7) is 0. The largest absolute Gasteiger partial charge is 0.536 e. The molecule has 3 nitrogen and oxygen atoms in total. The summed E-state index contributed by atoms with van der Waals surface area (Å²) in [5.41, 5.74) is 7.20. The van der Waals surface area contributed by atoms with Gasteiger partial charge in [-0.25, -0.2) is 0 Å². The van der Waals surface area contributed by atoms with Gasteiger partial charge in [0.1, 0.15) is 5.75 Å². The lowest BCUT2D eigenvalue weighted by Crippen LogP contribution is -2.17. The number of fused-ring (bicyclic) bond motifs is 1. The molecule has 0 radical (unpaired) electrons. The Labute approximate surface area is 77.1 Å². The Hall–Kier alpha value is -0.865. The second-order valence-electron chi connectivity index (χ2n) is 2.64. The van der Waals surface area contributed by atoms with Crippen molar-refractivity contribution in [2.75, 3.05) is 5.73 Å². The van der Waals surface area contributed by atoms with Crippen LogP contribution in [0.15, 0.2) is 18.2 Å². The highest BCUT2D eigenvalue weighted by atomic mass is 35.5. The second kappa shape index (κ2) is 3.25. The summed E-state index contributed by atoms with van der Waals surface area (Å²) >= 11 is 0. The first-order chi connectivity index (χ1) is 5.25. The minimum absolute atomic E-state index is 0. The molecule has 12 heavy (non-hydrogen) atoms. The topological polar surface area (TPSA) is 55.5 Å². The van der Waals surface area contributed by atoms with Crippen LogP contribution in [-0.2, 0) is 6.32 Å². The number of nitrogens with two attached hydrogens (primary N) is 1. The Morgan fingerprint density at radius 2 is 2.25 bits per heavy atom. The van der Waals surface area contributed by atoms with Crippen molar-refractivity contribution in [3.05, 3.63) is 23.8 Å². The molecule has 0 aromatic heterocycles. The molecule has 0 aliphatic carbocycles. The van der Waals surface area contributed by atoms with Crippen LogP contribution >= 0.6 is 12.4 Å². The van der Waals surface area contributed by atoms with Gasteiger partial charge in [0, 0.05) is 18.1 Å². The molecule has 0 fully saturated rings. The number of hydrogen-bond acceptors (Lipinski definition) is 3. The molecule has 0 unspecified atom stereocenters. The number of hydrogen-bond donors (Lipinski definition) is 2. The molecule has 0 atom stereocenters. The van der Waals surface area contributed by atoms with Crippen LogP contribution in [0.4, 0.5) is 5.69 Å². The number of rotatable bonds is 0. The molecule has 0 spiro atoms. The third-order valence-electron chi connectivity index (χ3n) is 1.75. The SMILES string of the molecule is Cl.Nc1ccc2c(c1)OB(O)C2. The van der Waals surface area contributed by atoms with E-state index < -0.39 is 7.12 Å². The van der Waals surface area contributed by atoms with Crippen LogP contribution in [0, 0.1) is 0 Å². The predicted octanol–water partition coefficient (Wildman–Crippen LogP) is 0.645. The van der Waals surface area contributed by atoms with Crippen molar-refractivity contribution >= 4 is 25.2 Å². The zero-order valence-electron chi connectivity index (χ0n) is 6.36. The lowest BCUT2D eigenvalue weighted by Gasteiger charge is -2.00. The van der Waals surface area contributed by atoms with Gasteiger partial charge in [-0.15, -0.1) is 12.4 Å². The lowest BCUT2D eigenvalue weighted by atomic mass is 9.85. The van der Waals surface area contributed by atoms with Gasteiger partial charge in [-0.1, -0.05) is 6.07 Å². The van der Waals surface area contributed by atoms with Crippen LogP contribution in [0.5, 0.6) is 5.75 Å². The van der Waals surface area contributed by atoms with Crippen molar-refractivity contribution in [1.82, 2.24) is 0 Å². The molecule has 0 bridgehead atoms. The Balaban J connectivity index is 0.000000720. The average molecular weight is 185 g/mol. The molecule has 1 aliphatic heterocycles. The van der Waals surface area contributed by atoms with Gasteiger partial charge in [-0.2, -0.15) is 0 Å². The Bertz CT molecular complexity index is 295. The Morgan fingerprint density at radius 1 is 1.50 bits per heavy atom. The van der Waals surface area contributed by atoms with E-state index in [-0.39, 0.29) is 12.4 Å². The predicted molar refractivity (Wildman–Crippen MR) is 50.4 cm³/mol. The van der Waals surface area contributed by atoms with Gasteiger partial charge in [0.25, 0.3) is 0 Å². The third-order valence-corrected chi connectivity index (χ3v) is 1.75. The zero-order valence-corrected chi connectivity index (χ0v) is 7.17. The van der Waals surface area contributed by atoms with Crippen molar-refractivity contribution < 1.29 is 9.68 Å². The van der Waals surface area contributed by atoms with Crippen molar-refractivity contribution in [2.45, 2.75) is 6.32 Å². The normalized spacial score (nSPS) is 13.2. The molecule has 0 saturated heterocycles. The van der Waals surface area contributed by atoms with E-state index in [0.717, 1.165) is 5.56 Å². The molecule has 1 heterocycles. The van der Waals surface area contributed by atoms with Crippen LogP contribution in [-0.4, -0.2) is 12.1 Å². The minimum Gasteiger partial charge on any atom is -0.536 e. The summed E-state index contributed by atoms with van der Waals surface area (Å²) < 4.78 is 5.06. The van der Waals surface area contributed by atoms with Gasteiger partial charge < -0.3 is 15.4 Å². The molecular formula is C7H9BClNO2. The first kappa shape index (κ1) is 9.22. The quantitative estimate of drug-likeness (QED) is 0.461. The van der Waals surface area contributed by atoms with Crippen molar-refractivity contribution in [1.29, 1.82) is 0 Å². The third kappa shape index (κ3) is 1.49. The molecule has 0 amide bonds. The van der Waals surface area contributed by atoms with E-state index in [9.17, 15) is 0 Å². The molecule has 2 rings (SSSR count). The van der Waals surface area contributed by atoms with E-state index in [0.29, 0.717) is 17.8 Å². The standard InChI is InChI=1S/C7H8BNO2.ClH/c9-6-2-1-5-4-8(10)11-7(5)3-6;/h1-3,10H,4,9H2;1H. The first-order valence-corrected chi connectivity index (χ1v) is 3.49. The maximum Gasteiger partial charge on any atom is 0.527 e. The smallest absolute Gasteiger partial charge is 0.527 e. The summed E-state index contributed by atoms with van der Waals surface area (Å²) in [7, 11) is -0.688. The van der Waals surface area contributed by atoms with E-state index in [1.807, 2.05) is 6.07 Å². The Morgan fingerprint density at radius 3 is 3.00 bits per heavy atom.